The minimum Gasteiger partial charge on any atom is -0.378 e. The van der Waals surface area contributed by atoms with Gasteiger partial charge in [-0.05, 0) is 37.0 Å². The summed E-state index contributed by atoms with van der Waals surface area (Å²) < 4.78 is 0. The predicted octanol–water partition coefficient (Wildman–Crippen LogP) is 3.80. The zero-order chi connectivity index (χ0) is 16.0. The lowest BCUT2D eigenvalue weighted by molar-refractivity contribution is -0.118. The highest BCUT2D eigenvalue weighted by Gasteiger charge is 2.25. The van der Waals surface area contributed by atoms with Crippen LogP contribution in [0.15, 0.2) is 29.8 Å². The average Bonchev–Trinajstić information content (AvgIpc) is 3.07. The van der Waals surface area contributed by atoms with Crippen molar-refractivity contribution in [1.29, 1.82) is 0 Å². The lowest BCUT2D eigenvalue weighted by Crippen LogP contribution is -2.38. The Kier molecular flexibility index (Phi) is 3.66. The number of carbonyl (C=O) groups excluding carboxylic acids is 1. The number of thiophene rings is 1. The van der Waals surface area contributed by atoms with Gasteiger partial charge in [-0.3, -0.25) is 4.79 Å². The number of rotatable bonds is 2. The van der Waals surface area contributed by atoms with E-state index in [1.165, 1.54) is 11.1 Å². The van der Waals surface area contributed by atoms with E-state index >= 15 is 0 Å². The second kappa shape index (κ2) is 5.69. The summed E-state index contributed by atoms with van der Waals surface area (Å²) in [6.45, 7) is 2.52. The van der Waals surface area contributed by atoms with Crippen molar-refractivity contribution in [2.24, 2.45) is 0 Å². The molecule has 0 spiro atoms. The summed E-state index contributed by atoms with van der Waals surface area (Å²) in [6, 6.07) is 8.59. The minimum absolute atomic E-state index is 0.0168. The van der Waals surface area contributed by atoms with Gasteiger partial charge in [-0.25, -0.2) is 0 Å². The Morgan fingerprint density at radius 1 is 1.30 bits per heavy atom. The van der Waals surface area contributed by atoms with Crippen LogP contribution in [0.3, 0.4) is 0 Å². The highest BCUT2D eigenvalue weighted by Crippen LogP contribution is 2.40. The van der Waals surface area contributed by atoms with Gasteiger partial charge in [-0.2, -0.15) is 0 Å². The van der Waals surface area contributed by atoms with Crippen LogP contribution in [0.25, 0.3) is 6.08 Å². The molecule has 0 atom stereocenters. The van der Waals surface area contributed by atoms with E-state index in [4.69, 9.17) is 11.6 Å². The third kappa shape index (κ3) is 2.66. The molecule has 0 unspecified atom stereocenters. The molecule has 1 aromatic heterocycles. The minimum atomic E-state index is 0.0168. The van der Waals surface area contributed by atoms with E-state index in [0.717, 1.165) is 38.9 Å². The number of nitrogens with one attached hydrogen (secondary N) is 2. The van der Waals surface area contributed by atoms with Crippen molar-refractivity contribution in [3.05, 3.63) is 55.7 Å². The first kappa shape index (κ1) is 14.8. The zero-order valence-corrected chi connectivity index (χ0v) is 14.4. The molecule has 3 nitrogen and oxygen atoms in total. The maximum Gasteiger partial charge on any atom is 0.249 e. The summed E-state index contributed by atoms with van der Waals surface area (Å²) in [5.41, 5.74) is 4.42. The quantitative estimate of drug-likeness (QED) is 0.870. The monoisotopic (exact) mass is 344 g/mol. The number of hydrogen-bond donors (Lipinski definition) is 2. The Balaban J connectivity index is 1.49. The van der Waals surface area contributed by atoms with Crippen LogP contribution in [0, 0.1) is 6.92 Å². The Bertz CT molecular complexity index is 799. The molecule has 2 aliphatic rings. The lowest BCUT2D eigenvalue weighted by Gasteiger charge is -2.18. The van der Waals surface area contributed by atoms with Crippen LogP contribution in [0.1, 0.15) is 20.9 Å². The van der Waals surface area contributed by atoms with E-state index < -0.39 is 0 Å². The molecule has 0 radical (unpaired) electrons. The van der Waals surface area contributed by atoms with Gasteiger partial charge >= 0.3 is 0 Å². The Morgan fingerprint density at radius 3 is 2.70 bits per heavy atom. The molecule has 1 aromatic carbocycles. The predicted molar refractivity (Wildman–Crippen MR) is 96.3 cm³/mol. The summed E-state index contributed by atoms with van der Waals surface area (Å²) in [7, 11) is 0. The summed E-state index contributed by atoms with van der Waals surface area (Å²) in [5.74, 6) is 0.0168. The SMILES string of the molecule is Cc1sc2c(c1Cl)NCC(C(=O)NC1Cc3ccccc3C1)=C2. The smallest absolute Gasteiger partial charge is 0.249 e. The van der Waals surface area contributed by atoms with E-state index in [1.807, 2.05) is 13.0 Å². The molecule has 2 aromatic rings. The van der Waals surface area contributed by atoms with Crippen molar-refractivity contribution < 1.29 is 4.79 Å². The molecule has 0 saturated carbocycles. The van der Waals surface area contributed by atoms with Crippen molar-refractivity contribution in [1.82, 2.24) is 5.32 Å². The second-order valence-electron chi connectivity index (χ2n) is 6.08. The van der Waals surface area contributed by atoms with Gasteiger partial charge in [-0.15, -0.1) is 11.3 Å². The van der Waals surface area contributed by atoms with Gasteiger partial charge in [0.1, 0.15) is 0 Å². The highest BCUT2D eigenvalue weighted by molar-refractivity contribution is 7.14. The number of fused-ring (bicyclic) bond motifs is 2. The van der Waals surface area contributed by atoms with Crippen molar-refractivity contribution in [2.75, 3.05) is 11.9 Å². The van der Waals surface area contributed by atoms with Gasteiger partial charge in [-0.1, -0.05) is 35.9 Å². The summed E-state index contributed by atoms with van der Waals surface area (Å²) >= 11 is 7.88. The van der Waals surface area contributed by atoms with Crippen LogP contribution in [0.2, 0.25) is 5.02 Å². The highest BCUT2D eigenvalue weighted by atomic mass is 35.5. The zero-order valence-electron chi connectivity index (χ0n) is 12.8. The Morgan fingerprint density at radius 2 is 2.00 bits per heavy atom. The Hall–Kier alpha value is -1.78. The van der Waals surface area contributed by atoms with Crippen LogP contribution in [-0.2, 0) is 17.6 Å². The molecule has 1 aliphatic carbocycles. The van der Waals surface area contributed by atoms with Crippen molar-refractivity contribution in [3.8, 4) is 0 Å². The molecular formula is C18H17ClN2OS. The standard InChI is InChI=1S/C18H17ClN2OS/c1-10-16(19)17-15(23-10)8-13(9-20-17)18(22)21-14-6-11-4-2-3-5-12(11)7-14/h2-5,8,14,20H,6-7,9H2,1H3,(H,21,22). The molecule has 118 valence electrons. The number of halogens is 1. The second-order valence-corrected chi connectivity index (χ2v) is 7.72. The maximum absolute atomic E-state index is 12.6. The molecule has 2 heterocycles. The fourth-order valence-electron chi connectivity index (χ4n) is 3.29. The first-order valence-electron chi connectivity index (χ1n) is 7.73. The molecule has 0 bridgehead atoms. The lowest BCUT2D eigenvalue weighted by atomic mass is 10.1. The van der Waals surface area contributed by atoms with Gasteiger partial charge in [0.2, 0.25) is 5.91 Å². The average molecular weight is 345 g/mol. The van der Waals surface area contributed by atoms with Gasteiger partial charge < -0.3 is 10.6 Å². The number of hydrogen-bond acceptors (Lipinski definition) is 3. The summed E-state index contributed by atoms with van der Waals surface area (Å²) in [4.78, 5) is 14.7. The molecular weight excluding hydrogens is 328 g/mol. The van der Waals surface area contributed by atoms with Gasteiger partial charge in [0, 0.05) is 23.0 Å². The van der Waals surface area contributed by atoms with E-state index in [9.17, 15) is 4.79 Å². The summed E-state index contributed by atoms with van der Waals surface area (Å²) in [6.07, 6.45) is 3.79. The summed E-state index contributed by atoms with van der Waals surface area (Å²) in [5, 5.41) is 7.22. The first-order chi connectivity index (χ1) is 11.1. The molecule has 1 aliphatic heterocycles. The van der Waals surface area contributed by atoms with Crippen molar-refractivity contribution in [2.45, 2.75) is 25.8 Å². The Labute approximate surface area is 144 Å². The molecule has 0 saturated heterocycles. The van der Waals surface area contributed by atoms with Crippen LogP contribution in [-0.4, -0.2) is 18.5 Å². The number of carbonyl (C=O) groups is 1. The third-order valence-electron chi connectivity index (χ3n) is 4.48. The number of anilines is 1. The number of aryl methyl sites for hydroxylation is 1. The van der Waals surface area contributed by atoms with E-state index in [2.05, 4.69) is 34.9 Å². The van der Waals surface area contributed by atoms with Gasteiger partial charge in [0.25, 0.3) is 0 Å². The molecule has 5 heteroatoms. The normalized spacial score (nSPS) is 16.3. The first-order valence-corrected chi connectivity index (χ1v) is 8.92. The number of amides is 1. The fraction of sp³-hybridized carbons (Fsp3) is 0.278. The topological polar surface area (TPSA) is 41.1 Å². The molecule has 2 N–H and O–H groups in total. The van der Waals surface area contributed by atoms with Crippen LogP contribution < -0.4 is 10.6 Å². The maximum atomic E-state index is 12.6. The fourth-order valence-corrected chi connectivity index (χ4v) is 4.63. The largest absolute Gasteiger partial charge is 0.378 e. The molecule has 1 amide bonds. The van der Waals surface area contributed by atoms with Crippen LogP contribution in [0.4, 0.5) is 5.69 Å². The molecule has 23 heavy (non-hydrogen) atoms. The van der Waals surface area contributed by atoms with Crippen LogP contribution >= 0.6 is 22.9 Å². The van der Waals surface area contributed by atoms with E-state index in [0.29, 0.717) is 6.54 Å². The van der Waals surface area contributed by atoms with Gasteiger partial charge in [0.15, 0.2) is 0 Å². The number of benzene rings is 1. The van der Waals surface area contributed by atoms with E-state index in [-0.39, 0.29) is 11.9 Å². The van der Waals surface area contributed by atoms with Crippen molar-refractivity contribution in [3.63, 3.8) is 0 Å². The van der Waals surface area contributed by atoms with Crippen LogP contribution in [0.5, 0.6) is 0 Å². The molecule has 0 fully saturated rings. The molecule has 4 rings (SSSR count). The third-order valence-corrected chi connectivity index (χ3v) is 6.11. The van der Waals surface area contributed by atoms with E-state index in [1.54, 1.807) is 11.3 Å². The van der Waals surface area contributed by atoms with Crippen molar-refractivity contribution >= 4 is 40.6 Å². The van der Waals surface area contributed by atoms with Gasteiger partial charge in [0.05, 0.1) is 15.6 Å².